The van der Waals surface area contributed by atoms with Gasteiger partial charge in [-0.3, -0.25) is 0 Å². The summed E-state index contributed by atoms with van der Waals surface area (Å²) in [5, 5.41) is 20.9. The molecule has 2 atom stereocenters. The molecule has 0 heterocycles. The Morgan fingerprint density at radius 3 is 2.58 bits per heavy atom. The summed E-state index contributed by atoms with van der Waals surface area (Å²) in [4.78, 5) is 24.0. The van der Waals surface area contributed by atoms with Gasteiger partial charge in [0.1, 0.15) is 6.04 Å². The topological polar surface area (TPSA) is 99.1 Å². The Balaban J connectivity index is 4.26. The van der Waals surface area contributed by atoms with E-state index in [1.165, 1.54) is 30.8 Å². The number of ether oxygens (including phenoxy) is 1. The van der Waals surface area contributed by atoms with Gasteiger partial charge >= 0.3 is 12.0 Å². The largest absolute Gasteiger partial charge is 0.480 e. The molecule has 0 saturated carbocycles. The lowest BCUT2D eigenvalue weighted by atomic mass is 10.2. The lowest BCUT2D eigenvalue weighted by Gasteiger charge is -2.23. The number of thioether (sulfide) groups is 1. The molecule has 0 aromatic carbocycles. The predicted octanol–water partition coefficient (Wildman–Crippen LogP) is -0.159. The summed E-state index contributed by atoms with van der Waals surface area (Å²) >= 11 is 1.52. The number of rotatable bonds is 9. The van der Waals surface area contributed by atoms with Crippen molar-refractivity contribution in [3.8, 4) is 0 Å². The number of methoxy groups -OCH3 is 1. The molecule has 0 aliphatic rings. The monoisotopic (exact) mass is 294 g/mol. The Morgan fingerprint density at radius 2 is 2.11 bits per heavy atom. The van der Waals surface area contributed by atoms with Gasteiger partial charge in [0.15, 0.2) is 0 Å². The molecule has 112 valence electrons. The van der Waals surface area contributed by atoms with E-state index in [1.54, 1.807) is 0 Å². The number of hydrogen-bond acceptors (Lipinski definition) is 5. The van der Waals surface area contributed by atoms with Crippen molar-refractivity contribution in [3.63, 3.8) is 0 Å². The van der Waals surface area contributed by atoms with Gasteiger partial charge in [-0.05, 0) is 18.4 Å². The molecular formula is C11H22N2O5S. The number of likely N-dealkylation sites (N-methyl/N-ethyl adjacent to an activating group) is 1. The van der Waals surface area contributed by atoms with E-state index in [0.29, 0.717) is 12.2 Å². The average Bonchev–Trinajstić information content (AvgIpc) is 2.33. The summed E-state index contributed by atoms with van der Waals surface area (Å²) < 4.78 is 4.75. The van der Waals surface area contributed by atoms with Crippen LogP contribution in [0.3, 0.4) is 0 Å². The Hall–Kier alpha value is -0.990. The number of carbonyl (C=O) groups excluding carboxylic acids is 1. The van der Waals surface area contributed by atoms with E-state index in [2.05, 4.69) is 5.32 Å². The molecule has 0 bridgehead atoms. The number of carbonyl (C=O) groups is 2. The normalized spacial score (nSPS) is 13.7. The molecular weight excluding hydrogens is 272 g/mol. The molecule has 2 amide bonds. The maximum atomic E-state index is 11.8. The van der Waals surface area contributed by atoms with Crippen molar-refractivity contribution in [2.45, 2.75) is 18.6 Å². The highest BCUT2D eigenvalue weighted by Crippen LogP contribution is 2.02. The fraction of sp³-hybridized carbons (Fsp3) is 0.818. The van der Waals surface area contributed by atoms with Crippen molar-refractivity contribution in [2.24, 2.45) is 0 Å². The Kier molecular flexibility index (Phi) is 9.36. The Labute approximate surface area is 117 Å². The van der Waals surface area contributed by atoms with Gasteiger partial charge in [-0.25, -0.2) is 9.59 Å². The molecule has 8 heteroatoms. The van der Waals surface area contributed by atoms with E-state index in [0.717, 1.165) is 0 Å². The minimum Gasteiger partial charge on any atom is -0.480 e. The van der Waals surface area contributed by atoms with Crippen LogP contribution in [-0.2, 0) is 9.53 Å². The highest BCUT2D eigenvalue weighted by Gasteiger charge is 2.22. The first kappa shape index (κ1) is 18.0. The summed E-state index contributed by atoms with van der Waals surface area (Å²) in [6.07, 6.45) is 1.43. The zero-order chi connectivity index (χ0) is 14.8. The Morgan fingerprint density at radius 1 is 1.47 bits per heavy atom. The molecule has 0 aromatic rings. The molecule has 3 N–H and O–H groups in total. The summed E-state index contributed by atoms with van der Waals surface area (Å²) in [6, 6.07) is -1.44. The maximum absolute atomic E-state index is 11.8. The second-order valence-electron chi connectivity index (χ2n) is 4.11. The van der Waals surface area contributed by atoms with Crippen LogP contribution in [-0.4, -0.2) is 78.6 Å². The van der Waals surface area contributed by atoms with Crippen LogP contribution in [0.2, 0.25) is 0 Å². The Bertz CT molecular complexity index is 290. The lowest BCUT2D eigenvalue weighted by molar-refractivity contribution is -0.139. The van der Waals surface area contributed by atoms with Gasteiger partial charge in [0, 0.05) is 14.2 Å². The van der Waals surface area contributed by atoms with Crippen LogP contribution in [0.1, 0.15) is 6.42 Å². The first-order valence-electron chi connectivity index (χ1n) is 5.82. The van der Waals surface area contributed by atoms with E-state index < -0.39 is 24.1 Å². The average molecular weight is 294 g/mol. The molecule has 0 saturated heterocycles. The number of carboxylic acids is 1. The van der Waals surface area contributed by atoms with Gasteiger partial charge in [0.25, 0.3) is 0 Å². The van der Waals surface area contributed by atoms with E-state index in [1.807, 2.05) is 6.26 Å². The molecule has 19 heavy (non-hydrogen) atoms. The number of hydrogen-bond donors (Lipinski definition) is 3. The molecule has 0 spiro atoms. The highest BCUT2D eigenvalue weighted by molar-refractivity contribution is 7.98. The third-order valence-electron chi connectivity index (χ3n) is 2.40. The van der Waals surface area contributed by atoms with Crippen molar-refractivity contribution in [3.05, 3.63) is 0 Å². The number of amides is 2. The molecule has 0 rings (SSSR count). The number of nitrogens with zero attached hydrogens (tertiary/aromatic N) is 1. The molecule has 0 aliphatic carbocycles. The minimum absolute atomic E-state index is 0.0779. The van der Waals surface area contributed by atoms with Crippen molar-refractivity contribution in [1.82, 2.24) is 10.2 Å². The van der Waals surface area contributed by atoms with E-state index in [9.17, 15) is 14.7 Å². The zero-order valence-corrected chi connectivity index (χ0v) is 12.3. The fourth-order valence-electron chi connectivity index (χ4n) is 1.40. The zero-order valence-electron chi connectivity index (χ0n) is 11.5. The van der Waals surface area contributed by atoms with Gasteiger partial charge in [-0.2, -0.15) is 11.8 Å². The summed E-state index contributed by atoms with van der Waals surface area (Å²) in [5.74, 6) is -0.416. The molecule has 1 unspecified atom stereocenters. The maximum Gasteiger partial charge on any atom is 0.326 e. The molecule has 7 nitrogen and oxygen atoms in total. The van der Waals surface area contributed by atoms with Gasteiger partial charge < -0.3 is 25.2 Å². The summed E-state index contributed by atoms with van der Waals surface area (Å²) in [5.41, 5.74) is 0. The van der Waals surface area contributed by atoms with Crippen LogP contribution in [0, 0.1) is 0 Å². The van der Waals surface area contributed by atoms with E-state index >= 15 is 0 Å². The van der Waals surface area contributed by atoms with E-state index in [4.69, 9.17) is 9.84 Å². The summed E-state index contributed by atoms with van der Waals surface area (Å²) in [6.45, 7) is 0.195. The standard InChI is InChI=1S/C11H22N2O5S/c1-13(6-8(14)7-18-2)11(17)12-9(10(15)16)4-5-19-3/h8-9,14H,4-7H2,1-3H3,(H,12,17)(H,15,16)/t8?,9-/m1/s1. The quantitative estimate of drug-likeness (QED) is 0.546. The van der Waals surface area contributed by atoms with Crippen LogP contribution < -0.4 is 5.32 Å². The van der Waals surface area contributed by atoms with Gasteiger partial charge in [-0.1, -0.05) is 0 Å². The molecule has 0 radical (unpaired) electrons. The third kappa shape index (κ3) is 7.91. The number of aliphatic hydroxyl groups is 1. The van der Waals surface area contributed by atoms with Gasteiger partial charge in [0.05, 0.1) is 19.3 Å². The first-order chi connectivity index (χ1) is 8.92. The third-order valence-corrected chi connectivity index (χ3v) is 3.04. The number of nitrogens with one attached hydrogen (secondary N) is 1. The lowest BCUT2D eigenvalue weighted by Crippen LogP contribution is -2.49. The number of aliphatic hydroxyl groups excluding tert-OH is 1. The number of aliphatic carboxylic acids is 1. The first-order valence-corrected chi connectivity index (χ1v) is 7.22. The number of carboxylic acid groups (broad SMARTS) is 1. The predicted molar refractivity (Wildman–Crippen MR) is 73.5 cm³/mol. The van der Waals surface area contributed by atoms with Crippen molar-refractivity contribution in [1.29, 1.82) is 0 Å². The molecule has 0 aromatic heterocycles. The highest BCUT2D eigenvalue weighted by atomic mass is 32.2. The molecule has 0 aliphatic heterocycles. The van der Waals surface area contributed by atoms with Gasteiger partial charge in [-0.15, -0.1) is 0 Å². The smallest absolute Gasteiger partial charge is 0.326 e. The van der Waals surface area contributed by atoms with Crippen LogP contribution in [0.5, 0.6) is 0 Å². The number of urea groups is 1. The second kappa shape index (κ2) is 9.88. The SMILES string of the molecule is COCC(O)CN(C)C(=O)N[C@H](CCSC)C(=O)O. The van der Waals surface area contributed by atoms with Crippen LogP contribution in [0.4, 0.5) is 4.79 Å². The van der Waals surface area contributed by atoms with Crippen LogP contribution >= 0.6 is 11.8 Å². The van der Waals surface area contributed by atoms with Crippen LogP contribution in [0.15, 0.2) is 0 Å². The second-order valence-corrected chi connectivity index (χ2v) is 5.10. The fourth-order valence-corrected chi connectivity index (χ4v) is 1.87. The van der Waals surface area contributed by atoms with E-state index in [-0.39, 0.29) is 13.2 Å². The molecule has 0 fully saturated rings. The minimum atomic E-state index is -1.06. The van der Waals surface area contributed by atoms with Crippen LogP contribution in [0.25, 0.3) is 0 Å². The van der Waals surface area contributed by atoms with Gasteiger partial charge in [0.2, 0.25) is 0 Å². The van der Waals surface area contributed by atoms with Crippen molar-refractivity contribution in [2.75, 3.05) is 39.3 Å². The van der Waals surface area contributed by atoms with Crippen molar-refractivity contribution >= 4 is 23.8 Å². The summed E-state index contributed by atoms with van der Waals surface area (Å²) in [7, 11) is 2.94. The van der Waals surface area contributed by atoms with Crippen molar-refractivity contribution < 1.29 is 24.5 Å².